The zero-order valence-corrected chi connectivity index (χ0v) is 16.1. The van der Waals surface area contributed by atoms with Crippen LogP contribution in [0.15, 0.2) is 65.7 Å². The van der Waals surface area contributed by atoms with Crippen molar-refractivity contribution in [3.05, 3.63) is 76.8 Å². The minimum atomic E-state index is 0.0243. The van der Waals surface area contributed by atoms with E-state index < -0.39 is 0 Å². The van der Waals surface area contributed by atoms with E-state index in [2.05, 4.69) is 41.1 Å². The molecule has 1 atom stereocenters. The molecule has 3 heterocycles. The van der Waals surface area contributed by atoms with E-state index in [0.29, 0.717) is 0 Å². The highest BCUT2D eigenvalue weighted by Crippen LogP contribution is 2.49. The average molecular weight is 372 g/mol. The molecule has 0 N–H and O–H groups in total. The van der Waals surface area contributed by atoms with Crippen molar-refractivity contribution >= 4 is 5.95 Å². The van der Waals surface area contributed by atoms with E-state index in [1.807, 2.05) is 22.8 Å². The van der Waals surface area contributed by atoms with E-state index in [0.717, 1.165) is 30.2 Å². The van der Waals surface area contributed by atoms with Gasteiger partial charge in [0.25, 0.3) is 5.56 Å². The second-order valence-corrected chi connectivity index (χ2v) is 7.95. The van der Waals surface area contributed by atoms with E-state index in [4.69, 9.17) is 4.98 Å². The number of fused-ring (bicyclic) bond motifs is 1. The van der Waals surface area contributed by atoms with Crippen molar-refractivity contribution in [1.29, 1.82) is 0 Å². The Kier molecular flexibility index (Phi) is 4.04. The molecule has 1 unspecified atom stereocenters. The van der Waals surface area contributed by atoms with Gasteiger partial charge in [0.15, 0.2) is 0 Å². The Morgan fingerprint density at radius 3 is 2.46 bits per heavy atom. The van der Waals surface area contributed by atoms with Crippen LogP contribution in [-0.2, 0) is 6.54 Å². The lowest BCUT2D eigenvalue weighted by Gasteiger charge is -2.56. The summed E-state index contributed by atoms with van der Waals surface area (Å²) in [6.07, 6.45) is 8.07. The number of benzene rings is 1. The number of rotatable bonds is 3. The lowest BCUT2D eigenvalue weighted by atomic mass is 9.71. The second kappa shape index (κ2) is 6.59. The first-order chi connectivity index (χ1) is 13.7. The average Bonchev–Trinajstić information content (AvgIpc) is 2.72. The van der Waals surface area contributed by atoms with Gasteiger partial charge >= 0.3 is 0 Å². The summed E-state index contributed by atoms with van der Waals surface area (Å²) in [6.45, 7) is 2.98. The van der Waals surface area contributed by atoms with Crippen molar-refractivity contribution in [3.63, 3.8) is 0 Å². The van der Waals surface area contributed by atoms with Crippen molar-refractivity contribution in [1.82, 2.24) is 14.5 Å². The Balaban J connectivity index is 1.68. The van der Waals surface area contributed by atoms with Crippen LogP contribution in [0.25, 0.3) is 11.3 Å². The Morgan fingerprint density at radius 2 is 1.79 bits per heavy atom. The number of aromatic nitrogens is 3. The quantitative estimate of drug-likeness (QED) is 0.691. The number of nitrogens with zero attached hydrogens (tertiary/aromatic N) is 4. The third-order valence-corrected chi connectivity index (χ3v) is 6.44. The standard InChI is InChI=1S/C23H24N4O/c1-17(18-6-3-2-4-7-18)27-22-25-20(19-8-13-24-14-9-19)16-21(28)26(22)15-12-23(27)10-5-11-23/h2-4,6-9,13-14,16-17H,5,10-12,15H2,1H3. The number of anilines is 1. The monoisotopic (exact) mass is 372 g/mol. The van der Waals surface area contributed by atoms with Gasteiger partial charge in [0.05, 0.1) is 11.7 Å². The van der Waals surface area contributed by atoms with Gasteiger partial charge in [0.1, 0.15) is 0 Å². The van der Waals surface area contributed by atoms with Gasteiger partial charge < -0.3 is 4.90 Å². The van der Waals surface area contributed by atoms with Crippen molar-refractivity contribution in [3.8, 4) is 11.3 Å². The molecular formula is C23H24N4O. The summed E-state index contributed by atoms with van der Waals surface area (Å²) < 4.78 is 1.85. The minimum Gasteiger partial charge on any atom is -0.330 e. The highest BCUT2D eigenvalue weighted by molar-refractivity contribution is 5.60. The first kappa shape index (κ1) is 17.2. The molecule has 2 aliphatic rings. The fourth-order valence-corrected chi connectivity index (χ4v) is 4.75. The van der Waals surface area contributed by atoms with Crippen LogP contribution in [0.1, 0.15) is 44.2 Å². The Hall–Kier alpha value is -2.95. The maximum Gasteiger partial charge on any atom is 0.255 e. The number of hydrogen-bond donors (Lipinski definition) is 0. The summed E-state index contributed by atoms with van der Waals surface area (Å²) in [4.78, 5) is 24.5. The van der Waals surface area contributed by atoms with Crippen molar-refractivity contribution in [2.45, 2.75) is 50.7 Å². The van der Waals surface area contributed by atoms with Crippen LogP contribution >= 0.6 is 0 Å². The van der Waals surface area contributed by atoms with Gasteiger partial charge in [-0.3, -0.25) is 14.3 Å². The van der Waals surface area contributed by atoms with Gasteiger partial charge in [-0.15, -0.1) is 0 Å². The van der Waals surface area contributed by atoms with Gasteiger partial charge in [-0.1, -0.05) is 30.3 Å². The third-order valence-electron chi connectivity index (χ3n) is 6.44. The van der Waals surface area contributed by atoms with Crippen LogP contribution < -0.4 is 10.5 Å². The summed E-state index contributed by atoms with van der Waals surface area (Å²) in [6, 6.07) is 16.2. The molecule has 142 valence electrons. The first-order valence-electron chi connectivity index (χ1n) is 10.0. The van der Waals surface area contributed by atoms with Gasteiger partial charge in [-0.25, -0.2) is 4.98 Å². The molecule has 0 radical (unpaired) electrons. The second-order valence-electron chi connectivity index (χ2n) is 7.95. The van der Waals surface area contributed by atoms with Crippen molar-refractivity contribution in [2.24, 2.45) is 0 Å². The van der Waals surface area contributed by atoms with Gasteiger partial charge in [0.2, 0.25) is 5.95 Å². The predicted octanol–water partition coefficient (Wildman–Crippen LogP) is 4.20. The molecule has 5 nitrogen and oxygen atoms in total. The smallest absolute Gasteiger partial charge is 0.255 e. The molecule has 1 saturated carbocycles. The molecule has 0 amide bonds. The highest BCUT2D eigenvalue weighted by Gasteiger charge is 2.48. The number of hydrogen-bond acceptors (Lipinski definition) is 4. The van der Waals surface area contributed by atoms with Crippen LogP contribution in [0.4, 0.5) is 5.95 Å². The SMILES string of the molecule is CC(c1ccccc1)N1c2nc(-c3ccncc3)cc(=O)n2CCC12CCC2. The molecule has 1 fully saturated rings. The van der Waals surface area contributed by atoms with Crippen LogP contribution in [0.3, 0.4) is 0 Å². The molecular weight excluding hydrogens is 348 g/mol. The molecule has 5 rings (SSSR count). The summed E-state index contributed by atoms with van der Waals surface area (Å²) in [5.41, 5.74) is 3.05. The lowest BCUT2D eigenvalue weighted by molar-refractivity contribution is 0.167. The minimum absolute atomic E-state index is 0.0243. The molecule has 1 aliphatic carbocycles. The fraction of sp³-hybridized carbons (Fsp3) is 0.348. The molecule has 28 heavy (non-hydrogen) atoms. The Bertz CT molecular complexity index is 1040. The highest BCUT2D eigenvalue weighted by atomic mass is 16.1. The molecule has 5 heteroatoms. The summed E-state index contributed by atoms with van der Waals surface area (Å²) >= 11 is 0. The van der Waals surface area contributed by atoms with Gasteiger partial charge in [-0.05, 0) is 50.3 Å². The molecule has 2 aromatic heterocycles. The van der Waals surface area contributed by atoms with Crippen molar-refractivity contribution < 1.29 is 0 Å². The molecule has 1 aliphatic heterocycles. The molecule has 0 saturated heterocycles. The zero-order chi connectivity index (χ0) is 19.1. The van der Waals surface area contributed by atoms with Crippen molar-refractivity contribution in [2.75, 3.05) is 4.90 Å². The van der Waals surface area contributed by atoms with E-state index in [1.165, 1.54) is 24.8 Å². The molecule has 1 spiro atoms. The molecule has 1 aromatic carbocycles. The number of pyridine rings is 1. The van der Waals surface area contributed by atoms with E-state index in [-0.39, 0.29) is 17.1 Å². The molecule has 3 aromatic rings. The van der Waals surface area contributed by atoms with Crippen LogP contribution in [0, 0.1) is 0 Å². The van der Waals surface area contributed by atoms with E-state index in [9.17, 15) is 4.79 Å². The van der Waals surface area contributed by atoms with Gasteiger partial charge in [0, 0.05) is 36.1 Å². The normalized spacial score (nSPS) is 18.4. The maximum absolute atomic E-state index is 13.0. The topological polar surface area (TPSA) is 51.0 Å². The maximum atomic E-state index is 13.0. The largest absolute Gasteiger partial charge is 0.330 e. The zero-order valence-electron chi connectivity index (χ0n) is 16.1. The Morgan fingerprint density at radius 1 is 1.04 bits per heavy atom. The molecule has 0 bridgehead atoms. The first-order valence-corrected chi connectivity index (χ1v) is 10.0. The fourth-order valence-electron chi connectivity index (χ4n) is 4.75. The van der Waals surface area contributed by atoms with Gasteiger partial charge in [-0.2, -0.15) is 0 Å². The predicted molar refractivity (Wildman–Crippen MR) is 110 cm³/mol. The Labute approximate surface area is 164 Å². The third kappa shape index (κ3) is 2.65. The van der Waals surface area contributed by atoms with Crippen LogP contribution in [0.2, 0.25) is 0 Å². The summed E-state index contributed by atoms with van der Waals surface area (Å²) in [5.74, 6) is 0.807. The van der Waals surface area contributed by atoms with Crippen LogP contribution in [0.5, 0.6) is 0 Å². The summed E-state index contributed by atoms with van der Waals surface area (Å²) in [5, 5.41) is 0. The van der Waals surface area contributed by atoms with E-state index >= 15 is 0 Å². The summed E-state index contributed by atoms with van der Waals surface area (Å²) in [7, 11) is 0. The van der Waals surface area contributed by atoms with E-state index in [1.54, 1.807) is 18.5 Å². The lowest BCUT2D eigenvalue weighted by Crippen LogP contribution is -2.60. The van der Waals surface area contributed by atoms with Crippen LogP contribution in [-0.4, -0.2) is 20.1 Å².